The van der Waals surface area contributed by atoms with E-state index in [1.165, 1.54) is 19.4 Å². The van der Waals surface area contributed by atoms with Crippen molar-refractivity contribution < 1.29 is 14.6 Å². The maximum Gasteiger partial charge on any atom is 0.259 e. The van der Waals surface area contributed by atoms with Gasteiger partial charge in [0.1, 0.15) is 0 Å². The Hall–Kier alpha value is -3.54. The number of nitrogens with one attached hydrogen (secondary N) is 2. The van der Waals surface area contributed by atoms with Crippen LogP contribution >= 0.6 is 0 Å². The lowest BCUT2D eigenvalue weighted by molar-refractivity contribution is -0.119. The Morgan fingerprint density at radius 3 is 2.73 bits per heavy atom. The van der Waals surface area contributed by atoms with E-state index in [-0.39, 0.29) is 18.2 Å². The number of carbonyl (C=O) groups excluding carboxylic acids is 1. The minimum Gasteiger partial charge on any atom is -0.504 e. The predicted molar refractivity (Wildman–Crippen MR) is 103 cm³/mol. The van der Waals surface area contributed by atoms with Crippen LogP contribution < -0.4 is 15.5 Å². The van der Waals surface area contributed by atoms with Crippen molar-refractivity contribution in [1.29, 1.82) is 0 Å². The molecule has 0 saturated carbocycles. The van der Waals surface area contributed by atoms with Gasteiger partial charge >= 0.3 is 0 Å². The molecule has 0 aliphatic carbocycles. The Bertz CT molecular complexity index is 954. The normalized spacial score (nSPS) is 10.8. The Labute approximate surface area is 151 Å². The molecule has 0 fully saturated rings. The number of hydrogen-bond acceptors (Lipinski definition) is 5. The molecule has 6 nitrogen and oxygen atoms in total. The van der Waals surface area contributed by atoms with Gasteiger partial charge in [-0.05, 0) is 46.7 Å². The molecule has 0 spiro atoms. The number of aromatic hydroxyl groups is 1. The van der Waals surface area contributed by atoms with Crippen LogP contribution in [0.2, 0.25) is 0 Å². The third-order valence-electron chi connectivity index (χ3n) is 3.81. The molecule has 132 valence electrons. The van der Waals surface area contributed by atoms with Gasteiger partial charge in [-0.1, -0.05) is 30.3 Å². The molecule has 0 aliphatic rings. The Balaban J connectivity index is 1.53. The van der Waals surface area contributed by atoms with Crippen molar-refractivity contribution in [3.05, 3.63) is 66.2 Å². The molecule has 3 aromatic carbocycles. The molecule has 1 amide bonds. The largest absolute Gasteiger partial charge is 0.504 e. The average molecular weight is 349 g/mol. The molecule has 3 N–H and O–H groups in total. The van der Waals surface area contributed by atoms with E-state index in [0.29, 0.717) is 11.3 Å². The second-order valence-corrected chi connectivity index (χ2v) is 5.64. The van der Waals surface area contributed by atoms with Crippen molar-refractivity contribution in [3.63, 3.8) is 0 Å². The van der Waals surface area contributed by atoms with E-state index in [0.717, 1.165) is 16.5 Å². The number of ether oxygens (including phenoxy) is 1. The second-order valence-electron chi connectivity index (χ2n) is 5.64. The number of fused-ring (bicyclic) bond motifs is 1. The summed E-state index contributed by atoms with van der Waals surface area (Å²) in [5, 5.41) is 18.8. The number of phenols is 1. The first-order valence-electron chi connectivity index (χ1n) is 8.07. The topological polar surface area (TPSA) is 83.0 Å². The summed E-state index contributed by atoms with van der Waals surface area (Å²) in [6.45, 7) is 0.106. The number of nitrogens with zero attached hydrogens (tertiary/aromatic N) is 1. The van der Waals surface area contributed by atoms with Gasteiger partial charge in [-0.25, -0.2) is 5.43 Å². The monoisotopic (exact) mass is 349 g/mol. The van der Waals surface area contributed by atoms with Crippen molar-refractivity contribution in [3.8, 4) is 11.5 Å². The first-order chi connectivity index (χ1) is 12.7. The lowest BCUT2D eigenvalue weighted by Gasteiger charge is -2.07. The van der Waals surface area contributed by atoms with Crippen LogP contribution in [0.3, 0.4) is 0 Å². The summed E-state index contributed by atoms with van der Waals surface area (Å²) in [4.78, 5) is 11.9. The van der Waals surface area contributed by atoms with E-state index in [4.69, 9.17) is 4.74 Å². The zero-order chi connectivity index (χ0) is 18.4. The van der Waals surface area contributed by atoms with Crippen LogP contribution in [0, 0.1) is 0 Å². The standard InChI is InChI=1S/C20H19N3O3/c1-26-19-10-14(6-9-18(19)24)12-22-23-20(25)13-21-17-8-7-15-4-2-3-5-16(15)11-17/h2-12,21,24H,13H2,1H3,(H,23,25)/b22-12-. The van der Waals surface area contributed by atoms with Crippen molar-refractivity contribution in [1.82, 2.24) is 5.43 Å². The summed E-state index contributed by atoms with van der Waals surface area (Å²) >= 11 is 0. The van der Waals surface area contributed by atoms with Gasteiger partial charge in [0.05, 0.1) is 19.9 Å². The number of anilines is 1. The van der Waals surface area contributed by atoms with Gasteiger partial charge < -0.3 is 15.2 Å². The summed E-state index contributed by atoms with van der Waals surface area (Å²) in [5.41, 5.74) is 4.02. The fourth-order valence-electron chi connectivity index (χ4n) is 2.47. The third kappa shape index (κ3) is 4.30. The first kappa shape index (κ1) is 17.3. The molecular formula is C20H19N3O3. The van der Waals surface area contributed by atoms with E-state index >= 15 is 0 Å². The summed E-state index contributed by atoms with van der Waals surface area (Å²) in [5.74, 6) is 0.131. The van der Waals surface area contributed by atoms with E-state index < -0.39 is 0 Å². The van der Waals surface area contributed by atoms with Crippen LogP contribution in [0.5, 0.6) is 11.5 Å². The van der Waals surface area contributed by atoms with Crippen LogP contribution in [0.1, 0.15) is 5.56 Å². The van der Waals surface area contributed by atoms with Crippen molar-refractivity contribution in [2.45, 2.75) is 0 Å². The Morgan fingerprint density at radius 1 is 1.12 bits per heavy atom. The number of hydrogen-bond donors (Lipinski definition) is 3. The number of amides is 1. The van der Waals surface area contributed by atoms with Gasteiger partial charge in [-0.2, -0.15) is 5.10 Å². The number of rotatable bonds is 6. The minimum absolute atomic E-state index is 0.0493. The number of carbonyl (C=O) groups is 1. The molecule has 0 atom stereocenters. The van der Waals surface area contributed by atoms with E-state index in [2.05, 4.69) is 15.8 Å². The molecule has 0 saturated heterocycles. The lowest BCUT2D eigenvalue weighted by atomic mass is 10.1. The number of hydrazone groups is 1. The molecule has 0 radical (unpaired) electrons. The second kappa shape index (κ2) is 8.02. The Morgan fingerprint density at radius 2 is 1.92 bits per heavy atom. The van der Waals surface area contributed by atoms with Crippen LogP contribution in [-0.4, -0.2) is 30.9 Å². The predicted octanol–water partition coefficient (Wildman–Crippen LogP) is 3.12. The summed E-state index contributed by atoms with van der Waals surface area (Å²) in [7, 11) is 1.47. The van der Waals surface area contributed by atoms with E-state index in [1.54, 1.807) is 12.1 Å². The number of methoxy groups -OCH3 is 1. The molecular weight excluding hydrogens is 330 g/mol. The van der Waals surface area contributed by atoms with Gasteiger partial charge in [0.15, 0.2) is 11.5 Å². The summed E-state index contributed by atoms with van der Waals surface area (Å²) in [6, 6.07) is 18.8. The average Bonchev–Trinajstić information content (AvgIpc) is 2.67. The lowest BCUT2D eigenvalue weighted by Crippen LogP contribution is -2.25. The van der Waals surface area contributed by atoms with E-state index in [1.807, 2.05) is 42.5 Å². The molecule has 6 heteroatoms. The Kier molecular flexibility index (Phi) is 5.34. The van der Waals surface area contributed by atoms with Gasteiger partial charge in [0, 0.05) is 5.69 Å². The van der Waals surface area contributed by atoms with E-state index in [9.17, 15) is 9.90 Å². The highest BCUT2D eigenvalue weighted by atomic mass is 16.5. The van der Waals surface area contributed by atoms with Crippen LogP contribution in [0.15, 0.2) is 65.8 Å². The first-order valence-corrected chi connectivity index (χ1v) is 8.07. The summed E-state index contributed by atoms with van der Waals surface area (Å²) < 4.78 is 5.02. The van der Waals surface area contributed by atoms with Crippen molar-refractivity contribution >= 4 is 28.6 Å². The highest BCUT2D eigenvalue weighted by Crippen LogP contribution is 2.25. The quantitative estimate of drug-likeness (QED) is 0.472. The van der Waals surface area contributed by atoms with Gasteiger partial charge in [0.25, 0.3) is 5.91 Å². The maximum absolute atomic E-state index is 11.9. The summed E-state index contributed by atoms with van der Waals surface area (Å²) in [6.07, 6.45) is 1.48. The molecule has 0 aliphatic heterocycles. The van der Waals surface area contributed by atoms with Crippen molar-refractivity contribution in [2.24, 2.45) is 5.10 Å². The van der Waals surface area contributed by atoms with Gasteiger partial charge in [-0.3, -0.25) is 4.79 Å². The third-order valence-corrected chi connectivity index (χ3v) is 3.81. The van der Waals surface area contributed by atoms with Crippen LogP contribution in [0.4, 0.5) is 5.69 Å². The van der Waals surface area contributed by atoms with Crippen molar-refractivity contribution in [2.75, 3.05) is 19.0 Å². The number of phenolic OH excluding ortho intramolecular Hbond substituents is 1. The van der Waals surface area contributed by atoms with Gasteiger partial charge in [0.2, 0.25) is 0 Å². The van der Waals surface area contributed by atoms with Gasteiger partial charge in [-0.15, -0.1) is 0 Å². The maximum atomic E-state index is 11.9. The molecule has 3 rings (SSSR count). The SMILES string of the molecule is COc1cc(/C=N\NC(=O)CNc2ccc3ccccc3c2)ccc1O. The minimum atomic E-state index is -0.264. The molecule has 0 unspecified atom stereocenters. The highest BCUT2D eigenvalue weighted by molar-refractivity contribution is 5.87. The fourth-order valence-corrected chi connectivity index (χ4v) is 2.47. The fraction of sp³-hybridized carbons (Fsp3) is 0.100. The molecule has 3 aromatic rings. The van der Waals surface area contributed by atoms with Crippen LogP contribution in [0.25, 0.3) is 10.8 Å². The molecule has 0 bridgehead atoms. The molecule has 26 heavy (non-hydrogen) atoms. The molecule has 0 heterocycles. The molecule has 0 aromatic heterocycles. The smallest absolute Gasteiger partial charge is 0.259 e. The number of benzene rings is 3. The van der Waals surface area contributed by atoms with Crippen LogP contribution in [-0.2, 0) is 4.79 Å². The zero-order valence-corrected chi connectivity index (χ0v) is 14.3. The zero-order valence-electron chi connectivity index (χ0n) is 14.3. The highest BCUT2D eigenvalue weighted by Gasteiger charge is 2.02.